The average molecular weight is 371 g/mol. The number of ether oxygens (including phenoxy) is 1. The number of nitrogens with one attached hydrogen (secondary N) is 1. The highest BCUT2D eigenvalue weighted by Gasteiger charge is 2.21. The molecule has 0 aliphatic heterocycles. The molecular formula is C20H19ClN2O3. The minimum absolute atomic E-state index is 0.117. The van der Waals surface area contributed by atoms with Crippen LogP contribution in [0.1, 0.15) is 21.6 Å². The number of methoxy groups -OCH3 is 1. The van der Waals surface area contributed by atoms with Crippen LogP contribution in [-0.2, 0) is 11.2 Å². The predicted octanol–water partition coefficient (Wildman–Crippen LogP) is 3.59. The molecule has 6 heteroatoms. The van der Waals surface area contributed by atoms with E-state index in [0.29, 0.717) is 16.3 Å². The number of fused-ring (bicyclic) bond motifs is 1. The normalized spacial score (nSPS) is 10.8. The molecule has 1 heterocycles. The van der Waals surface area contributed by atoms with Gasteiger partial charge in [0.05, 0.1) is 19.0 Å². The average Bonchev–Trinajstić information content (AvgIpc) is 2.92. The second-order valence-electron chi connectivity index (χ2n) is 5.94. The Morgan fingerprint density at radius 2 is 1.85 bits per heavy atom. The largest absolute Gasteiger partial charge is 0.497 e. The molecule has 0 unspecified atom stereocenters. The molecule has 1 amide bonds. The number of hydrogen-bond donors (Lipinski definition) is 1. The Morgan fingerprint density at radius 1 is 1.15 bits per heavy atom. The molecule has 0 atom stereocenters. The molecule has 1 aromatic heterocycles. The number of likely N-dealkylation sites (N-methyl/N-ethyl adjacent to an activating group) is 1. The maximum absolute atomic E-state index is 13.1. The number of benzene rings is 2. The molecule has 3 rings (SSSR count). The van der Waals surface area contributed by atoms with Crippen LogP contribution in [0.15, 0.2) is 42.5 Å². The van der Waals surface area contributed by atoms with Gasteiger partial charge in [-0.25, -0.2) is 0 Å². The van der Waals surface area contributed by atoms with Crippen LogP contribution in [-0.4, -0.2) is 30.5 Å². The Morgan fingerprint density at radius 3 is 2.46 bits per heavy atom. The van der Waals surface area contributed by atoms with Gasteiger partial charge in [0.25, 0.3) is 5.91 Å². The number of hydrogen-bond acceptors (Lipinski definition) is 3. The number of halogens is 1. The van der Waals surface area contributed by atoms with Crippen molar-refractivity contribution in [3.8, 4) is 5.75 Å². The fourth-order valence-corrected chi connectivity index (χ4v) is 3.17. The highest BCUT2D eigenvalue weighted by Crippen LogP contribution is 2.30. The second-order valence-corrected chi connectivity index (χ2v) is 6.38. The minimum atomic E-state index is -0.169. The first kappa shape index (κ1) is 18.0. The molecule has 5 nitrogen and oxygen atoms in total. The highest BCUT2D eigenvalue weighted by molar-refractivity contribution is 6.30. The summed E-state index contributed by atoms with van der Waals surface area (Å²) in [4.78, 5) is 25.1. The lowest BCUT2D eigenvalue weighted by Crippen LogP contribution is -2.20. The van der Waals surface area contributed by atoms with Crippen LogP contribution >= 0.6 is 11.6 Å². The van der Waals surface area contributed by atoms with E-state index in [1.165, 1.54) is 0 Å². The Bertz CT molecular complexity index is 990. The molecule has 3 aromatic rings. The first-order valence-electron chi connectivity index (χ1n) is 8.15. The third-order valence-electron chi connectivity index (χ3n) is 4.45. The Kier molecular flexibility index (Phi) is 5.00. The molecule has 0 bridgehead atoms. The van der Waals surface area contributed by atoms with Crippen molar-refractivity contribution >= 4 is 34.3 Å². The Labute approximate surface area is 156 Å². The van der Waals surface area contributed by atoms with E-state index in [9.17, 15) is 9.59 Å². The van der Waals surface area contributed by atoms with Crippen molar-refractivity contribution < 1.29 is 14.3 Å². The molecule has 0 radical (unpaired) electrons. The molecule has 26 heavy (non-hydrogen) atoms. The summed E-state index contributed by atoms with van der Waals surface area (Å²) in [6.45, 7) is 1.85. The summed E-state index contributed by atoms with van der Waals surface area (Å²) in [7, 11) is 3.18. The summed E-state index contributed by atoms with van der Waals surface area (Å²) < 4.78 is 6.94. The molecule has 1 N–H and O–H groups in total. The number of aromatic nitrogens is 1. The number of nitrogens with zero attached hydrogens (tertiary/aromatic N) is 1. The molecule has 134 valence electrons. The molecule has 0 aliphatic carbocycles. The first-order chi connectivity index (χ1) is 12.5. The monoisotopic (exact) mass is 370 g/mol. The zero-order valence-corrected chi connectivity index (χ0v) is 15.6. The van der Waals surface area contributed by atoms with Gasteiger partial charge in [0.1, 0.15) is 5.75 Å². The van der Waals surface area contributed by atoms with Crippen molar-refractivity contribution in [3.63, 3.8) is 0 Å². The van der Waals surface area contributed by atoms with Gasteiger partial charge in [-0.15, -0.1) is 0 Å². The number of carbonyl (C=O) groups is 2. The maximum atomic E-state index is 13.1. The molecule has 0 saturated carbocycles. The van der Waals surface area contributed by atoms with Gasteiger partial charge >= 0.3 is 0 Å². The van der Waals surface area contributed by atoms with Crippen molar-refractivity contribution in [3.05, 3.63) is 64.3 Å². The van der Waals surface area contributed by atoms with Crippen molar-refractivity contribution in [1.82, 2.24) is 9.88 Å². The van der Waals surface area contributed by atoms with Gasteiger partial charge in [0, 0.05) is 28.7 Å². The third-order valence-corrected chi connectivity index (χ3v) is 4.70. The van der Waals surface area contributed by atoms with Gasteiger partial charge in [0.15, 0.2) is 0 Å². The summed E-state index contributed by atoms with van der Waals surface area (Å²) in [5, 5.41) is 4.03. The fraction of sp³-hybridized carbons (Fsp3) is 0.200. The van der Waals surface area contributed by atoms with E-state index in [2.05, 4.69) is 5.32 Å². The molecule has 0 aliphatic rings. The van der Waals surface area contributed by atoms with E-state index in [4.69, 9.17) is 16.3 Å². The second kappa shape index (κ2) is 7.22. The summed E-state index contributed by atoms with van der Waals surface area (Å²) in [5.74, 6) is 0.387. The van der Waals surface area contributed by atoms with Crippen molar-refractivity contribution in [1.29, 1.82) is 0 Å². The SMILES string of the molecule is CNC(=O)Cc1c(C)n(C(=O)c2ccc(Cl)cc2)c2ccc(OC)cc12. The lowest BCUT2D eigenvalue weighted by molar-refractivity contribution is -0.119. The Balaban J connectivity index is 2.21. The van der Waals surface area contributed by atoms with E-state index < -0.39 is 0 Å². The molecule has 0 spiro atoms. The van der Waals surface area contributed by atoms with Crippen molar-refractivity contribution in [2.45, 2.75) is 13.3 Å². The van der Waals surface area contributed by atoms with E-state index in [-0.39, 0.29) is 18.2 Å². The van der Waals surface area contributed by atoms with Crippen LogP contribution in [0.25, 0.3) is 10.9 Å². The van der Waals surface area contributed by atoms with E-state index in [0.717, 1.165) is 22.2 Å². The fourth-order valence-electron chi connectivity index (χ4n) is 3.04. The lowest BCUT2D eigenvalue weighted by Gasteiger charge is -2.08. The number of amides is 1. The summed E-state index contributed by atoms with van der Waals surface area (Å²) in [6.07, 6.45) is 0.187. The zero-order chi connectivity index (χ0) is 18.8. The molecule has 2 aromatic carbocycles. The van der Waals surface area contributed by atoms with E-state index in [1.54, 1.807) is 49.1 Å². The topological polar surface area (TPSA) is 60.3 Å². The van der Waals surface area contributed by atoms with Gasteiger partial charge in [-0.3, -0.25) is 14.2 Å². The summed E-state index contributed by atoms with van der Waals surface area (Å²) in [5.41, 5.74) is 2.80. The van der Waals surface area contributed by atoms with Crippen molar-refractivity contribution in [2.75, 3.05) is 14.2 Å². The molecule has 0 saturated heterocycles. The van der Waals surface area contributed by atoms with Gasteiger partial charge in [0.2, 0.25) is 5.91 Å². The van der Waals surface area contributed by atoms with Gasteiger partial charge in [-0.05, 0) is 55.0 Å². The third kappa shape index (κ3) is 3.18. The number of carbonyl (C=O) groups excluding carboxylic acids is 2. The smallest absolute Gasteiger partial charge is 0.262 e. The zero-order valence-electron chi connectivity index (χ0n) is 14.8. The predicted molar refractivity (Wildman–Crippen MR) is 102 cm³/mol. The van der Waals surface area contributed by atoms with Crippen LogP contribution < -0.4 is 10.1 Å². The van der Waals surface area contributed by atoms with Crippen molar-refractivity contribution in [2.24, 2.45) is 0 Å². The summed E-state index contributed by atoms with van der Waals surface area (Å²) >= 11 is 5.92. The van der Waals surface area contributed by atoms with E-state index >= 15 is 0 Å². The van der Waals surface area contributed by atoms with Crippen LogP contribution in [0.3, 0.4) is 0 Å². The molecular weight excluding hydrogens is 352 g/mol. The van der Waals surface area contributed by atoms with Gasteiger partial charge in [-0.2, -0.15) is 0 Å². The van der Waals surface area contributed by atoms with Crippen LogP contribution in [0.5, 0.6) is 5.75 Å². The molecule has 0 fully saturated rings. The Hall–Kier alpha value is -2.79. The maximum Gasteiger partial charge on any atom is 0.262 e. The minimum Gasteiger partial charge on any atom is -0.497 e. The number of rotatable bonds is 4. The van der Waals surface area contributed by atoms with Crippen LogP contribution in [0.2, 0.25) is 5.02 Å². The quantitative estimate of drug-likeness (QED) is 0.763. The standard InChI is InChI=1S/C20H19ClN2O3/c1-12-16(11-19(24)22-2)17-10-15(26-3)8-9-18(17)23(12)20(25)13-4-6-14(21)7-5-13/h4-10H,11H2,1-3H3,(H,22,24). The van der Waals surface area contributed by atoms with Crippen LogP contribution in [0, 0.1) is 6.92 Å². The highest BCUT2D eigenvalue weighted by atomic mass is 35.5. The van der Waals surface area contributed by atoms with Gasteiger partial charge in [-0.1, -0.05) is 11.6 Å². The van der Waals surface area contributed by atoms with E-state index in [1.807, 2.05) is 19.1 Å². The lowest BCUT2D eigenvalue weighted by atomic mass is 10.1. The summed E-state index contributed by atoms with van der Waals surface area (Å²) in [6, 6.07) is 12.2. The van der Waals surface area contributed by atoms with Crippen LogP contribution in [0.4, 0.5) is 0 Å². The van der Waals surface area contributed by atoms with Gasteiger partial charge < -0.3 is 10.1 Å². The first-order valence-corrected chi connectivity index (χ1v) is 8.52.